The number of aromatic nitrogens is 3. The van der Waals surface area contributed by atoms with Crippen molar-refractivity contribution >= 4 is 39.8 Å². The van der Waals surface area contributed by atoms with Gasteiger partial charge in [0, 0.05) is 24.4 Å². The van der Waals surface area contributed by atoms with Crippen molar-refractivity contribution in [2.45, 2.75) is 33.4 Å². The van der Waals surface area contributed by atoms with E-state index in [4.69, 9.17) is 0 Å². The van der Waals surface area contributed by atoms with E-state index in [-0.39, 0.29) is 30.7 Å². The van der Waals surface area contributed by atoms with E-state index >= 15 is 0 Å². The molecule has 2 heterocycles. The zero-order valence-electron chi connectivity index (χ0n) is 17.3. The maximum Gasteiger partial charge on any atom is 0.267 e. The van der Waals surface area contributed by atoms with Crippen LogP contribution in [0.5, 0.6) is 5.75 Å². The van der Waals surface area contributed by atoms with Gasteiger partial charge in [-0.1, -0.05) is 17.4 Å². The van der Waals surface area contributed by atoms with Crippen molar-refractivity contribution in [1.82, 2.24) is 20.1 Å². The van der Waals surface area contributed by atoms with Crippen LogP contribution < -0.4 is 16.0 Å². The third kappa shape index (κ3) is 5.80. The molecular formula is C20H24N6O4S. The molecular weight excluding hydrogens is 420 g/mol. The average Bonchev–Trinajstić information content (AvgIpc) is 3.36. The largest absolute Gasteiger partial charge is 0.508 e. The number of carbonyl (C=O) groups excluding carboxylic acids is 2. The van der Waals surface area contributed by atoms with Crippen molar-refractivity contribution in [2.75, 3.05) is 17.2 Å². The number of hydrogen-bond acceptors (Lipinski definition) is 8. The zero-order valence-corrected chi connectivity index (χ0v) is 18.2. The fourth-order valence-corrected chi connectivity index (χ4v) is 3.45. The van der Waals surface area contributed by atoms with E-state index in [1.54, 1.807) is 38.2 Å². The predicted octanol–water partition coefficient (Wildman–Crippen LogP) is 2.15. The molecule has 0 bridgehead atoms. The van der Waals surface area contributed by atoms with Crippen LogP contribution in [0.1, 0.15) is 27.7 Å². The van der Waals surface area contributed by atoms with Gasteiger partial charge in [0.05, 0.1) is 18.0 Å². The van der Waals surface area contributed by atoms with Crippen LogP contribution in [-0.4, -0.2) is 49.4 Å². The molecule has 11 heteroatoms. The molecule has 0 unspecified atom stereocenters. The summed E-state index contributed by atoms with van der Waals surface area (Å²) in [6.07, 6.45) is 2.48. The number of phenols is 1. The van der Waals surface area contributed by atoms with Gasteiger partial charge in [-0.25, -0.2) is 4.98 Å². The molecule has 0 radical (unpaired) electrons. The molecule has 164 valence electrons. The lowest BCUT2D eigenvalue weighted by Crippen LogP contribution is -2.33. The van der Waals surface area contributed by atoms with Gasteiger partial charge in [-0.05, 0) is 32.4 Å². The number of nitrogens with zero attached hydrogens (tertiary/aromatic N) is 3. The highest BCUT2D eigenvalue weighted by molar-refractivity contribution is 7.17. The molecule has 0 spiro atoms. The van der Waals surface area contributed by atoms with Crippen molar-refractivity contribution in [3.8, 4) is 5.75 Å². The van der Waals surface area contributed by atoms with Crippen LogP contribution in [0, 0.1) is 13.8 Å². The van der Waals surface area contributed by atoms with E-state index in [2.05, 4.69) is 26.0 Å². The van der Waals surface area contributed by atoms with Crippen LogP contribution in [0.4, 0.5) is 16.6 Å². The lowest BCUT2D eigenvalue weighted by Gasteiger charge is -2.11. The number of aliphatic hydroxyl groups excluding tert-OH is 1. The fourth-order valence-electron chi connectivity index (χ4n) is 2.73. The van der Waals surface area contributed by atoms with Crippen LogP contribution >= 0.6 is 11.3 Å². The predicted molar refractivity (Wildman–Crippen MR) is 118 cm³/mol. The van der Waals surface area contributed by atoms with E-state index in [9.17, 15) is 19.8 Å². The smallest absolute Gasteiger partial charge is 0.267 e. The standard InChI is InChI=1S/C20H24N6O4S/c1-11-4-5-14(28)13(3)18(11)24-19(30)15-9-22-20(31-15)23-16-6-7-26(25-16)10-17(29)21-8-12(2)27/h4-7,9,12,27-28H,8,10H2,1-3H3,(H,21,29)(H,24,30)(H,22,23,25)/t12-/m0/s1. The number of aromatic hydroxyl groups is 1. The van der Waals surface area contributed by atoms with Crippen molar-refractivity contribution in [3.63, 3.8) is 0 Å². The summed E-state index contributed by atoms with van der Waals surface area (Å²) in [5, 5.41) is 32.2. The summed E-state index contributed by atoms with van der Waals surface area (Å²) in [4.78, 5) is 29.0. The SMILES string of the molecule is Cc1ccc(O)c(C)c1NC(=O)c1cnc(Nc2ccn(CC(=O)NC[C@H](C)O)n2)s1. The highest BCUT2D eigenvalue weighted by atomic mass is 32.1. The van der Waals surface area contributed by atoms with Crippen LogP contribution in [0.3, 0.4) is 0 Å². The second-order valence-corrected chi connectivity index (χ2v) is 8.09. The van der Waals surface area contributed by atoms with Gasteiger partial charge in [-0.2, -0.15) is 5.10 Å². The Kier molecular flexibility index (Phi) is 6.88. The molecule has 1 aromatic carbocycles. The number of phenolic OH excluding ortho intramolecular Hbond substituents is 1. The number of aryl methyl sites for hydroxylation is 1. The number of aliphatic hydroxyl groups is 1. The number of thiazole rings is 1. The summed E-state index contributed by atoms with van der Waals surface area (Å²) in [7, 11) is 0. The van der Waals surface area contributed by atoms with Gasteiger partial charge in [0.25, 0.3) is 5.91 Å². The monoisotopic (exact) mass is 444 g/mol. The molecule has 31 heavy (non-hydrogen) atoms. The Morgan fingerprint density at radius 2 is 2.03 bits per heavy atom. The summed E-state index contributed by atoms with van der Waals surface area (Å²) in [5.74, 6) is -0.00374. The quantitative estimate of drug-likeness (QED) is 0.358. The van der Waals surface area contributed by atoms with Crippen molar-refractivity contribution < 1.29 is 19.8 Å². The highest BCUT2D eigenvalue weighted by Crippen LogP contribution is 2.29. The normalized spacial score (nSPS) is 11.7. The molecule has 3 rings (SSSR count). The van der Waals surface area contributed by atoms with Gasteiger partial charge in [0.15, 0.2) is 10.9 Å². The number of carbonyl (C=O) groups is 2. The molecule has 1 atom stereocenters. The number of hydrogen-bond donors (Lipinski definition) is 5. The van der Waals surface area contributed by atoms with Crippen LogP contribution in [0.2, 0.25) is 0 Å². The maximum absolute atomic E-state index is 12.6. The molecule has 0 fully saturated rings. The van der Waals surface area contributed by atoms with Crippen molar-refractivity contribution in [3.05, 3.63) is 46.6 Å². The summed E-state index contributed by atoms with van der Waals surface area (Å²) >= 11 is 1.15. The molecule has 0 saturated carbocycles. The Morgan fingerprint density at radius 1 is 1.26 bits per heavy atom. The van der Waals surface area contributed by atoms with Crippen molar-refractivity contribution in [1.29, 1.82) is 0 Å². The lowest BCUT2D eigenvalue weighted by molar-refractivity contribution is -0.122. The van der Waals surface area contributed by atoms with E-state index in [1.165, 1.54) is 10.9 Å². The minimum absolute atomic E-state index is 0.0164. The number of nitrogens with one attached hydrogen (secondary N) is 3. The molecule has 0 saturated heterocycles. The average molecular weight is 445 g/mol. The zero-order chi connectivity index (χ0) is 22.5. The van der Waals surface area contributed by atoms with Crippen LogP contribution in [-0.2, 0) is 11.3 Å². The third-order valence-corrected chi connectivity index (χ3v) is 5.30. The van der Waals surface area contributed by atoms with E-state index < -0.39 is 6.10 Å². The summed E-state index contributed by atoms with van der Waals surface area (Å²) < 4.78 is 1.45. The van der Waals surface area contributed by atoms with Crippen molar-refractivity contribution in [2.24, 2.45) is 0 Å². The van der Waals surface area contributed by atoms with Gasteiger partial charge in [0.1, 0.15) is 17.2 Å². The van der Waals surface area contributed by atoms with E-state index in [0.29, 0.717) is 27.1 Å². The Morgan fingerprint density at radius 3 is 2.77 bits per heavy atom. The molecule has 2 amide bonds. The second kappa shape index (κ2) is 9.58. The third-order valence-electron chi connectivity index (χ3n) is 4.39. The first kappa shape index (κ1) is 22.2. The first-order valence-electron chi connectivity index (χ1n) is 9.54. The minimum Gasteiger partial charge on any atom is -0.508 e. The van der Waals surface area contributed by atoms with Gasteiger partial charge in [0.2, 0.25) is 5.91 Å². The number of amides is 2. The molecule has 10 nitrogen and oxygen atoms in total. The Balaban J connectivity index is 1.60. The number of benzene rings is 1. The Labute approximate surface area is 182 Å². The summed E-state index contributed by atoms with van der Waals surface area (Å²) in [6.45, 7) is 5.37. The fraction of sp³-hybridized carbons (Fsp3) is 0.300. The van der Waals surface area contributed by atoms with Gasteiger partial charge in [-0.15, -0.1) is 0 Å². The minimum atomic E-state index is -0.615. The van der Waals surface area contributed by atoms with Gasteiger partial charge >= 0.3 is 0 Å². The molecule has 3 aromatic rings. The topological polar surface area (TPSA) is 141 Å². The first-order valence-corrected chi connectivity index (χ1v) is 10.4. The van der Waals surface area contributed by atoms with Gasteiger partial charge < -0.3 is 26.2 Å². The first-order chi connectivity index (χ1) is 14.7. The number of rotatable bonds is 8. The molecule has 5 N–H and O–H groups in total. The Hall–Kier alpha value is -3.44. The maximum atomic E-state index is 12.6. The molecule has 0 aliphatic carbocycles. The Bertz CT molecular complexity index is 1090. The van der Waals surface area contributed by atoms with E-state index in [0.717, 1.165) is 16.9 Å². The van der Waals surface area contributed by atoms with Crippen LogP contribution in [0.25, 0.3) is 0 Å². The van der Waals surface area contributed by atoms with Gasteiger partial charge in [-0.3, -0.25) is 14.3 Å². The molecule has 0 aliphatic heterocycles. The second-order valence-electron chi connectivity index (χ2n) is 7.06. The van der Waals surface area contributed by atoms with Crippen LogP contribution in [0.15, 0.2) is 30.6 Å². The lowest BCUT2D eigenvalue weighted by atomic mass is 10.1. The van der Waals surface area contributed by atoms with E-state index in [1.807, 2.05) is 6.92 Å². The number of anilines is 3. The summed E-state index contributed by atoms with van der Waals surface area (Å²) in [6, 6.07) is 5.01. The molecule has 0 aliphatic rings. The summed E-state index contributed by atoms with van der Waals surface area (Å²) in [5.41, 5.74) is 2.01. The molecule has 2 aromatic heterocycles. The highest BCUT2D eigenvalue weighted by Gasteiger charge is 2.15.